The number of rotatable bonds is 4. The Morgan fingerprint density at radius 3 is 2.95 bits per heavy atom. The predicted octanol–water partition coefficient (Wildman–Crippen LogP) is 2.46. The molecule has 1 N–H and O–H groups in total. The molecule has 1 fully saturated rings. The topological polar surface area (TPSA) is 75.5 Å². The molecule has 6 nitrogen and oxygen atoms in total. The summed E-state index contributed by atoms with van der Waals surface area (Å²) in [4.78, 5) is 24.6. The third kappa shape index (κ3) is 3.92. The van der Waals surface area contributed by atoms with Crippen LogP contribution in [0.1, 0.15) is 30.1 Å². The lowest BCUT2D eigenvalue weighted by Gasteiger charge is -2.32. The molecule has 0 aromatic heterocycles. The van der Waals surface area contributed by atoms with Crippen LogP contribution in [0.2, 0.25) is 5.02 Å². The molecule has 1 aromatic rings. The number of non-ortho nitro benzene ring substituents is 1. The molecule has 1 aliphatic rings. The first-order valence-corrected chi connectivity index (χ1v) is 7.36. The molecular formula is C14H18ClN3O3. The number of nitro benzene ring substituents is 1. The van der Waals surface area contributed by atoms with Crippen molar-refractivity contribution in [1.29, 1.82) is 0 Å². The fourth-order valence-corrected chi connectivity index (χ4v) is 2.79. The van der Waals surface area contributed by atoms with E-state index in [4.69, 9.17) is 11.6 Å². The smallest absolute Gasteiger partial charge is 0.270 e. The van der Waals surface area contributed by atoms with Gasteiger partial charge < -0.3 is 10.2 Å². The van der Waals surface area contributed by atoms with Gasteiger partial charge in [-0.05, 0) is 32.0 Å². The number of halogens is 1. The largest absolute Gasteiger partial charge is 0.348 e. The molecule has 7 heteroatoms. The number of likely N-dealkylation sites (N-methyl/N-ethyl adjacent to an activating group) is 1. The van der Waals surface area contributed by atoms with Crippen LogP contribution in [-0.4, -0.2) is 41.4 Å². The lowest BCUT2D eigenvalue weighted by molar-refractivity contribution is -0.384. The normalized spacial score (nSPS) is 19.2. The molecule has 0 unspecified atom stereocenters. The van der Waals surface area contributed by atoms with E-state index in [0.29, 0.717) is 0 Å². The summed E-state index contributed by atoms with van der Waals surface area (Å²) in [5.41, 5.74) is 0.155. The molecule has 1 aliphatic heterocycles. The van der Waals surface area contributed by atoms with Crippen LogP contribution in [0.3, 0.4) is 0 Å². The van der Waals surface area contributed by atoms with Crippen LogP contribution < -0.4 is 5.32 Å². The first-order valence-electron chi connectivity index (χ1n) is 6.98. The average Bonchev–Trinajstić information content (AvgIpc) is 2.47. The second-order valence-corrected chi connectivity index (χ2v) is 5.53. The van der Waals surface area contributed by atoms with Gasteiger partial charge in [0.25, 0.3) is 11.6 Å². The van der Waals surface area contributed by atoms with Crippen LogP contribution in [0.4, 0.5) is 5.69 Å². The molecule has 1 atom stereocenters. The van der Waals surface area contributed by atoms with Gasteiger partial charge >= 0.3 is 0 Å². The summed E-state index contributed by atoms with van der Waals surface area (Å²) in [5.74, 6) is -0.280. The quantitative estimate of drug-likeness (QED) is 0.684. The zero-order valence-electron chi connectivity index (χ0n) is 11.8. The van der Waals surface area contributed by atoms with Gasteiger partial charge in [0.05, 0.1) is 15.5 Å². The van der Waals surface area contributed by atoms with Crippen molar-refractivity contribution < 1.29 is 9.72 Å². The zero-order valence-corrected chi connectivity index (χ0v) is 12.6. The number of hydrogen-bond acceptors (Lipinski definition) is 4. The third-order valence-electron chi connectivity index (χ3n) is 3.70. The number of nitrogens with one attached hydrogen (secondary N) is 1. The summed E-state index contributed by atoms with van der Waals surface area (Å²) < 4.78 is 0. The monoisotopic (exact) mass is 311 g/mol. The molecule has 1 heterocycles. The van der Waals surface area contributed by atoms with E-state index in [1.54, 1.807) is 0 Å². The van der Waals surface area contributed by atoms with E-state index < -0.39 is 4.92 Å². The first-order chi connectivity index (χ1) is 10.0. The van der Waals surface area contributed by atoms with E-state index in [0.717, 1.165) is 32.5 Å². The molecule has 0 spiro atoms. The van der Waals surface area contributed by atoms with Crippen molar-refractivity contribution in [2.75, 3.05) is 19.6 Å². The highest BCUT2D eigenvalue weighted by atomic mass is 35.5. The van der Waals surface area contributed by atoms with Crippen LogP contribution in [0, 0.1) is 10.1 Å². The Labute approximate surface area is 128 Å². The van der Waals surface area contributed by atoms with Crippen molar-refractivity contribution in [1.82, 2.24) is 10.2 Å². The maximum Gasteiger partial charge on any atom is 0.270 e. The number of likely N-dealkylation sites (tertiary alicyclic amines) is 1. The lowest BCUT2D eigenvalue weighted by Crippen LogP contribution is -2.47. The molecule has 0 saturated carbocycles. The number of hydrogen-bond donors (Lipinski definition) is 1. The molecule has 114 valence electrons. The summed E-state index contributed by atoms with van der Waals surface area (Å²) >= 11 is 5.97. The maximum atomic E-state index is 12.2. The summed E-state index contributed by atoms with van der Waals surface area (Å²) in [6.45, 7) is 4.94. The van der Waals surface area contributed by atoms with E-state index in [9.17, 15) is 14.9 Å². The van der Waals surface area contributed by atoms with Crippen LogP contribution >= 0.6 is 11.6 Å². The van der Waals surface area contributed by atoms with Gasteiger partial charge in [-0.1, -0.05) is 18.5 Å². The Kier molecular flexibility index (Phi) is 5.14. The van der Waals surface area contributed by atoms with Gasteiger partial charge in [0, 0.05) is 24.7 Å². The number of amides is 1. The Hall–Kier alpha value is -1.66. The highest BCUT2D eigenvalue weighted by Gasteiger charge is 2.22. The van der Waals surface area contributed by atoms with Crippen molar-refractivity contribution in [2.45, 2.75) is 25.8 Å². The Bertz CT molecular complexity index is 550. The number of benzene rings is 1. The van der Waals surface area contributed by atoms with Crippen LogP contribution in [-0.2, 0) is 0 Å². The molecule has 21 heavy (non-hydrogen) atoms. The molecule has 0 bridgehead atoms. The van der Waals surface area contributed by atoms with Gasteiger partial charge in [0.2, 0.25) is 0 Å². The van der Waals surface area contributed by atoms with Crippen molar-refractivity contribution in [2.24, 2.45) is 0 Å². The maximum absolute atomic E-state index is 12.2. The van der Waals surface area contributed by atoms with Gasteiger partial charge in [-0.25, -0.2) is 0 Å². The minimum atomic E-state index is -0.534. The molecule has 2 rings (SSSR count). The van der Waals surface area contributed by atoms with Gasteiger partial charge in [-0.3, -0.25) is 14.9 Å². The molecule has 1 aromatic carbocycles. The minimum absolute atomic E-state index is 0.0949. The molecule has 0 radical (unpaired) electrons. The van der Waals surface area contributed by atoms with Gasteiger partial charge in [-0.15, -0.1) is 0 Å². The summed E-state index contributed by atoms with van der Waals surface area (Å²) in [6, 6.07) is 3.99. The number of carbonyl (C=O) groups is 1. The molecular weight excluding hydrogens is 294 g/mol. The van der Waals surface area contributed by atoms with E-state index >= 15 is 0 Å². The summed E-state index contributed by atoms with van der Waals surface area (Å²) in [7, 11) is 0. The first kappa shape index (κ1) is 15.7. The second-order valence-electron chi connectivity index (χ2n) is 5.13. The fraction of sp³-hybridized carbons (Fsp3) is 0.500. The second kappa shape index (κ2) is 6.87. The number of carbonyl (C=O) groups excluding carboxylic acids is 1. The highest BCUT2D eigenvalue weighted by Crippen LogP contribution is 2.22. The number of piperidine rings is 1. The summed E-state index contributed by atoms with van der Waals surface area (Å²) in [6.07, 6.45) is 1.99. The standard InChI is InChI=1S/C14H18ClN3O3/c1-2-17-7-3-4-10(9-17)16-14(19)12-6-5-11(18(20)21)8-13(12)15/h5-6,8,10H,2-4,7,9H2,1H3,(H,16,19)/t10-/m0/s1. The summed E-state index contributed by atoms with van der Waals surface area (Å²) in [5, 5.41) is 13.7. The van der Waals surface area contributed by atoms with Crippen molar-refractivity contribution >= 4 is 23.2 Å². The number of nitrogens with zero attached hydrogens (tertiary/aromatic N) is 2. The molecule has 1 saturated heterocycles. The average molecular weight is 312 g/mol. The highest BCUT2D eigenvalue weighted by molar-refractivity contribution is 6.34. The van der Waals surface area contributed by atoms with E-state index in [1.165, 1.54) is 18.2 Å². The van der Waals surface area contributed by atoms with Crippen LogP contribution in [0.5, 0.6) is 0 Å². The Morgan fingerprint density at radius 1 is 1.57 bits per heavy atom. The fourth-order valence-electron chi connectivity index (χ4n) is 2.53. The van der Waals surface area contributed by atoms with Crippen molar-refractivity contribution in [3.05, 3.63) is 38.9 Å². The van der Waals surface area contributed by atoms with Crippen LogP contribution in [0.25, 0.3) is 0 Å². The molecule has 0 aliphatic carbocycles. The van der Waals surface area contributed by atoms with E-state index in [-0.39, 0.29) is 28.2 Å². The Morgan fingerprint density at radius 2 is 2.33 bits per heavy atom. The third-order valence-corrected chi connectivity index (χ3v) is 4.01. The van der Waals surface area contributed by atoms with Gasteiger partial charge in [-0.2, -0.15) is 0 Å². The van der Waals surface area contributed by atoms with E-state index in [2.05, 4.69) is 17.1 Å². The van der Waals surface area contributed by atoms with E-state index in [1.807, 2.05) is 0 Å². The van der Waals surface area contributed by atoms with Gasteiger partial charge in [0.15, 0.2) is 0 Å². The van der Waals surface area contributed by atoms with Gasteiger partial charge in [0.1, 0.15) is 0 Å². The number of nitro groups is 1. The van der Waals surface area contributed by atoms with Crippen molar-refractivity contribution in [3.63, 3.8) is 0 Å². The predicted molar refractivity (Wildman–Crippen MR) is 80.7 cm³/mol. The van der Waals surface area contributed by atoms with Crippen molar-refractivity contribution in [3.8, 4) is 0 Å². The van der Waals surface area contributed by atoms with Crippen LogP contribution in [0.15, 0.2) is 18.2 Å². The molecule has 1 amide bonds. The Balaban J connectivity index is 2.05. The minimum Gasteiger partial charge on any atom is -0.348 e. The lowest BCUT2D eigenvalue weighted by atomic mass is 10.0. The SMILES string of the molecule is CCN1CCC[C@H](NC(=O)c2ccc([N+](=O)[O-])cc2Cl)C1. The zero-order chi connectivity index (χ0) is 15.4.